The molecule has 0 aliphatic rings. The summed E-state index contributed by atoms with van der Waals surface area (Å²) >= 11 is 0. The molecule has 1 unspecified atom stereocenters. The molecule has 0 radical (unpaired) electrons. The fourth-order valence-electron chi connectivity index (χ4n) is 2.19. The largest absolute Gasteiger partial charge is 0.466 e. The third-order valence-electron chi connectivity index (χ3n) is 3.31. The maximum atomic E-state index is 12.3. The summed E-state index contributed by atoms with van der Waals surface area (Å²) in [5.74, 6) is -1.19. The molecule has 2 rings (SSSR count). The van der Waals surface area contributed by atoms with Crippen LogP contribution in [0.3, 0.4) is 0 Å². The SMILES string of the molecule is COC(=O)C(C)OC(=O)c1c(C)nn(-c2ccccc2)c1C. The number of rotatable bonds is 4. The van der Waals surface area contributed by atoms with Crippen molar-refractivity contribution in [2.24, 2.45) is 0 Å². The Bertz CT molecular complexity index is 692. The number of benzene rings is 1. The van der Waals surface area contributed by atoms with E-state index in [1.54, 1.807) is 18.5 Å². The first-order valence-corrected chi connectivity index (χ1v) is 6.86. The van der Waals surface area contributed by atoms with Crippen LogP contribution in [0, 0.1) is 13.8 Å². The van der Waals surface area contributed by atoms with E-state index in [0.29, 0.717) is 17.0 Å². The van der Waals surface area contributed by atoms with Gasteiger partial charge in [-0.25, -0.2) is 14.3 Å². The van der Waals surface area contributed by atoms with Crippen molar-refractivity contribution in [3.63, 3.8) is 0 Å². The quantitative estimate of drug-likeness (QED) is 0.810. The number of para-hydroxylation sites is 1. The molecular formula is C16H18N2O4. The van der Waals surface area contributed by atoms with Gasteiger partial charge < -0.3 is 9.47 Å². The minimum atomic E-state index is -0.962. The van der Waals surface area contributed by atoms with Gasteiger partial charge in [-0.15, -0.1) is 0 Å². The highest BCUT2D eigenvalue weighted by atomic mass is 16.6. The lowest BCUT2D eigenvalue weighted by atomic mass is 10.2. The van der Waals surface area contributed by atoms with E-state index >= 15 is 0 Å². The molecule has 0 aliphatic heterocycles. The fourth-order valence-corrected chi connectivity index (χ4v) is 2.19. The zero-order valence-electron chi connectivity index (χ0n) is 13.0. The van der Waals surface area contributed by atoms with Crippen LogP contribution >= 0.6 is 0 Å². The van der Waals surface area contributed by atoms with Gasteiger partial charge in [0.1, 0.15) is 5.56 Å². The van der Waals surface area contributed by atoms with Gasteiger partial charge in [-0.05, 0) is 32.9 Å². The van der Waals surface area contributed by atoms with Crippen molar-refractivity contribution in [2.75, 3.05) is 7.11 Å². The molecule has 1 heterocycles. The summed E-state index contributed by atoms with van der Waals surface area (Å²) < 4.78 is 11.4. The lowest BCUT2D eigenvalue weighted by molar-refractivity contribution is -0.149. The normalized spacial score (nSPS) is 11.8. The number of hydrogen-bond acceptors (Lipinski definition) is 5. The predicted octanol–water partition coefficient (Wildman–Crippen LogP) is 2.21. The molecule has 1 aromatic carbocycles. The van der Waals surface area contributed by atoms with E-state index in [4.69, 9.17) is 4.74 Å². The zero-order chi connectivity index (χ0) is 16.3. The number of ether oxygens (including phenoxy) is 2. The highest BCUT2D eigenvalue weighted by Gasteiger charge is 2.25. The standard InChI is InChI=1S/C16H18N2O4/c1-10-14(16(20)22-12(3)15(19)21-4)11(2)18(17-10)13-8-6-5-7-9-13/h5-9,12H,1-4H3. The van der Waals surface area contributed by atoms with Crippen molar-refractivity contribution in [3.05, 3.63) is 47.3 Å². The van der Waals surface area contributed by atoms with E-state index < -0.39 is 18.0 Å². The molecule has 6 nitrogen and oxygen atoms in total. The second-order valence-electron chi connectivity index (χ2n) is 4.86. The van der Waals surface area contributed by atoms with E-state index in [2.05, 4.69) is 9.84 Å². The van der Waals surface area contributed by atoms with Crippen molar-refractivity contribution >= 4 is 11.9 Å². The molecular weight excluding hydrogens is 284 g/mol. The van der Waals surface area contributed by atoms with Crippen molar-refractivity contribution in [3.8, 4) is 5.69 Å². The maximum Gasteiger partial charge on any atom is 0.346 e. The molecule has 2 aromatic rings. The molecule has 6 heteroatoms. The van der Waals surface area contributed by atoms with Crippen LogP contribution in [0.5, 0.6) is 0 Å². The minimum Gasteiger partial charge on any atom is -0.466 e. The number of esters is 2. The smallest absolute Gasteiger partial charge is 0.346 e. The third kappa shape index (κ3) is 3.00. The van der Waals surface area contributed by atoms with Crippen molar-refractivity contribution < 1.29 is 19.1 Å². The molecule has 0 amide bonds. The molecule has 0 spiro atoms. The lowest BCUT2D eigenvalue weighted by Crippen LogP contribution is -2.25. The Morgan fingerprint density at radius 2 is 1.82 bits per heavy atom. The molecule has 0 fully saturated rings. The van der Waals surface area contributed by atoms with Crippen molar-refractivity contribution in [1.29, 1.82) is 0 Å². The maximum absolute atomic E-state index is 12.3. The summed E-state index contributed by atoms with van der Waals surface area (Å²) in [5, 5.41) is 4.37. The van der Waals surface area contributed by atoms with Gasteiger partial charge in [0.25, 0.3) is 0 Å². The van der Waals surface area contributed by atoms with Crippen LogP contribution in [0.2, 0.25) is 0 Å². The molecule has 0 bridgehead atoms. The number of carbonyl (C=O) groups is 2. The van der Waals surface area contributed by atoms with Crippen molar-refractivity contribution in [1.82, 2.24) is 9.78 Å². The first-order chi connectivity index (χ1) is 10.5. The molecule has 1 atom stereocenters. The summed E-state index contributed by atoms with van der Waals surface area (Å²) in [6, 6.07) is 9.48. The third-order valence-corrected chi connectivity index (χ3v) is 3.31. The van der Waals surface area contributed by atoms with E-state index in [9.17, 15) is 9.59 Å². The molecule has 0 saturated heterocycles. The highest BCUT2D eigenvalue weighted by Crippen LogP contribution is 2.19. The Kier molecular flexibility index (Phi) is 4.60. The minimum absolute atomic E-state index is 0.361. The van der Waals surface area contributed by atoms with Gasteiger partial charge in [0.2, 0.25) is 0 Å². The molecule has 22 heavy (non-hydrogen) atoms. The first-order valence-electron chi connectivity index (χ1n) is 6.86. The lowest BCUT2D eigenvalue weighted by Gasteiger charge is -2.11. The van der Waals surface area contributed by atoms with E-state index in [-0.39, 0.29) is 0 Å². The monoisotopic (exact) mass is 302 g/mol. The average molecular weight is 302 g/mol. The van der Waals surface area contributed by atoms with Crippen molar-refractivity contribution in [2.45, 2.75) is 26.9 Å². The van der Waals surface area contributed by atoms with Crippen LogP contribution in [0.4, 0.5) is 0 Å². The van der Waals surface area contributed by atoms with E-state index in [1.165, 1.54) is 14.0 Å². The van der Waals surface area contributed by atoms with Crippen LogP contribution in [0.15, 0.2) is 30.3 Å². The molecule has 0 N–H and O–H groups in total. The van der Waals surface area contributed by atoms with Gasteiger partial charge in [-0.3, -0.25) is 0 Å². The molecule has 1 aromatic heterocycles. The topological polar surface area (TPSA) is 70.4 Å². The number of aryl methyl sites for hydroxylation is 1. The fraction of sp³-hybridized carbons (Fsp3) is 0.312. The van der Waals surface area contributed by atoms with Crippen LogP contribution in [-0.4, -0.2) is 34.9 Å². The predicted molar refractivity (Wildman–Crippen MR) is 79.9 cm³/mol. The highest BCUT2D eigenvalue weighted by molar-refractivity contribution is 5.93. The number of carbonyl (C=O) groups excluding carboxylic acids is 2. The molecule has 0 saturated carbocycles. The number of aromatic nitrogens is 2. The van der Waals surface area contributed by atoms with Crippen LogP contribution in [0.25, 0.3) is 5.69 Å². The number of nitrogens with zero attached hydrogens (tertiary/aromatic N) is 2. The summed E-state index contributed by atoms with van der Waals surface area (Å²) in [6.45, 7) is 4.98. The Balaban J connectivity index is 2.31. The Morgan fingerprint density at radius 1 is 1.18 bits per heavy atom. The molecule has 116 valence electrons. The Hall–Kier alpha value is -2.63. The van der Waals surface area contributed by atoms with Crippen LogP contribution in [0.1, 0.15) is 28.7 Å². The van der Waals surface area contributed by atoms with Gasteiger partial charge >= 0.3 is 11.9 Å². The first kappa shape index (κ1) is 15.8. The summed E-state index contributed by atoms with van der Waals surface area (Å²) in [4.78, 5) is 23.6. The summed E-state index contributed by atoms with van der Waals surface area (Å²) in [6.07, 6.45) is -0.962. The van der Waals surface area contributed by atoms with E-state index in [1.807, 2.05) is 30.3 Å². The summed E-state index contributed by atoms with van der Waals surface area (Å²) in [7, 11) is 1.25. The van der Waals surface area contributed by atoms with Gasteiger partial charge in [0.15, 0.2) is 6.10 Å². The summed E-state index contributed by atoms with van der Waals surface area (Å²) in [5.41, 5.74) is 2.41. The van der Waals surface area contributed by atoms with Crippen LogP contribution < -0.4 is 0 Å². The Labute approximate surface area is 128 Å². The average Bonchev–Trinajstić information content (AvgIpc) is 2.82. The van der Waals surface area contributed by atoms with Crippen LogP contribution in [-0.2, 0) is 14.3 Å². The number of methoxy groups -OCH3 is 1. The van der Waals surface area contributed by atoms with E-state index in [0.717, 1.165) is 5.69 Å². The van der Waals surface area contributed by atoms with Gasteiger partial charge in [0, 0.05) is 0 Å². The molecule has 0 aliphatic carbocycles. The zero-order valence-corrected chi connectivity index (χ0v) is 13.0. The second kappa shape index (κ2) is 6.43. The second-order valence-corrected chi connectivity index (χ2v) is 4.86. The van der Waals surface area contributed by atoms with Gasteiger partial charge in [0.05, 0.1) is 24.2 Å². The Morgan fingerprint density at radius 3 is 2.41 bits per heavy atom. The number of hydrogen-bond donors (Lipinski definition) is 0. The van der Waals surface area contributed by atoms with Gasteiger partial charge in [-0.2, -0.15) is 5.10 Å². The van der Waals surface area contributed by atoms with Gasteiger partial charge in [-0.1, -0.05) is 18.2 Å².